The molecule has 2 rings (SSSR count). The Balaban J connectivity index is 1.84. The summed E-state index contributed by atoms with van der Waals surface area (Å²) >= 11 is 0. The lowest BCUT2D eigenvalue weighted by molar-refractivity contribution is -0.0593. The maximum absolute atomic E-state index is 6.06. The van der Waals surface area contributed by atoms with E-state index in [2.05, 4.69) is 19.2 Å². The Kier molecular flexibility index (Phi) is 7.37. The molecule has 0 aromatic rings. The van der Waals surface area contributed by atoms with E-state index in [1.807, 2.05) is 0 Å². The molecule has 0 amide bonds. The van der Waals surface area contributed by atoms with Crippen LogP contribution in [0.5, 0.6) is 0 Å². The molecule has 1 aliphatic heterocycles. The largest absolute Gasteiger partial charge is 0.373 e. The summed E-state index contributed by atoms with van der Waals surface area (Å²) in [6.07, 6.45) is 16.6. The molecule has 0 bridgehead atoms. The second-order valence-electron chi connectivity index (χ2n) is 7.11. The topological polar surface area (TPSA) is 21.3 Å². The van der Waals surface area contributed by atoms with Crippen molar-refractivity contribution in [2.24, 2.45) is 5.92 Å². The van der Waals surface area contributed by atoms with E-state index in [4.69, 9.17) is 4.74 Å². The van der Waals surface area contributed by atoms with Gasteiger partial charge >= 0.3 is 0 Å². The molecule has 1 N–H and O–H groups in total. The van der Waals surface area contributed by atoms with Crippen LogP contribution in [0.3, 0.4) is 0 Å². The summed E-state index contributed by atoms with van der Waals surface area (Å²) in [7, 11) is 0. The van der Waals surface area contributed by atoms with Crippen LogP contribution in [-0.2, 0) is 4.74 Å². The first kappa shape index (κ1) is 16.3. The third kappa shape index (κ3) is 5.37. The van der Waals surface area contributed by atoms with E-state index >= 15 is 0 Å². The van der Waals surface area contributed by atoms with Crippen molar-refractivity contribution in [3.8, 4) is 0 Å². The number of hydrogen-bond acceptors (Lipinski definition) is 2. The van der Waals surface area contributed by atoms with Gasteiger partial charge in [0, 0.05) is 12.6 Å². The van der Waals surface area contributed by atoms with Crippen LogP contribution in [0.1, 0.15) is 84.5 Å². The number of ether oxygens (including phenoxy) is 1. The van der Waals surface area contributed by atoms with Crippen molar-refractivity contribution in [1.29, 1.82) is 0 Å². The van der Waals surface area contributed by atoms with E-state index in [0.717, 1.165) is 12.5 Å². The van der Waals surface area contributed by atoms with Crippen LogP contribution >= 0.6 is 0 Å². The molecule has 118 valence electrons. The zero-order chi connectivity index (χ0) is 14.2. The minimum Gasteiger partial charge on any atom is -0.373 e. The Morgan fingerprint density at radius 1 is 0.750 bits per heavy atom. The van der Waals surface area contributed by atoms with Crippen LogP contribution in [0.2, 0.25) is 0 Å². The molecule has 2 fully saturated rings. The maximum Gasteiger partial charge on any atom is 0.0706 e. The van der Waals surface area contributed by atoms with Crippen molar-refractivity contribution in [3.63, 3.8) is 0 Å². The molecule has 1 aliphatic carbocycles. The molecule has 0 aromatic carbocycles. The molecule has 1 heterocycles. The van der Waals surface area contributed by atoms with Crippen LogP contribution in [0.4, 0.5) is 0 Å². The first-order chi connectivity index (χ1) is 9.77. The average Bonchev–Trinajstić information content (AvgIpc) is 2.40. The zero-order valence-electron chi connectivity index (χ0n) is 13.7. The molecule has 2 nitrogen and oxygen atoms in total. The van der Waals surface area contributed by atoms with Crippen molar-refractivity contribution in [1.82, 2.24) is 5.32 Å². The van der Waals surface area contributed by atoms with Gasteiger partial charge in [-0.3, -0.25) is 0 Å². The average molecular weight is 281 g/mol. The van der Waals surface area contributed by atoms with Crippen LogP contribution in [0.25, 0.3) is 0 Å². The second-order valence-corrected chi connectivity index (χ2v) is 7.11. The molecule has 2 heteroatoms. The van der Waals surface area contributed by atoms with Gasteiger partial charge in [0.25, 0.3) is 0 Å². The summed E-state index contributed by atoms with van der Waals surface area (Å²) in [5, 5.41) is 3.78. The van der Waals surface area contributed by atoms with Gasteiger partial charge in [-0.2, -0.15) is 0 Å². The fraction of sp³-hybridized carbons (Fsp3) is 1.00. The Hall–Kier alpha value is -0.0800. The third-order valence-electron chi connectivity index (χ3n) is 5.25. The van der Waals surface area contributed by atoms with Gasteiger partial charge in [0.05, 0.1) is 12.2 Å². The summed E-state index contributed by atoms with van der Waals surface area (Å²) in [6.45, 7) is 5.48. The van der Waals surface area contributed by atoms with Gasteiger partial charge in [-0.25, -0.2) is 0 Å². The molecule has 0 radical (unpaired) electrons. The second kappa shape index (κ2) is 9.04. The van der Waals surface area contributed by atoms with Gasteiger partial charge in [-0.15, -0.1) is 0 Å². The fourth-order valence-corrected chi connectivity index (χ4v) is 4.07. The summed E-state index contributed by atoms with van der Waals surface area (Å²) in [5.74, 6) is 0.830. The van der Waals surface area contributed by atoms with E-state index in [9.17, 15) is 0 Å². The molecule has 0 aromatic heterocycles. The zero-order valence-corrected chi connectivity index (χ0v) is 13.7. The predicted octanol–water partition coefficient (Wildman–Crippen LogP) is 4.67. The first-order valence-electron chi connectivity index (χ1n) is 9.16. The van der Waals surface area contributed by atoms with Crippen molar-refractivity contribution >= 4 is 0 Å². The van der Waals surface area contributed by atoms with Crippen molar-refractivity contribution < 1.29 is 4.74 Å². The van der Waals surface area contributed by atoms with Gasteiger partial charge in [0.2, 0.25) is 0 Å². The highest BCUT2D eigenvalue weighted by Crippen LogP contribution is 2.27. The lowest BCUT2D eigenvalue weighted by Crippen LogP contribution is -2.54. The minimum atomic E-state index is 0.382. The Morgan fingerprint density at radius 3 is 1.75 bits per heavy atom. The van der Waals surface area contributed by atoms with E-state index in [-0.39, 0.29) is 0 Å². The summed E-state index contributed by atoms with van der Waals surface area (Å²) in [5.41, 5.74) is 0. The molecular weight excluding hydrogens is 246 g/mol. The Morgan fingerprint density at radius 2 is 1.25 bits per heavy atom. The van der Waals surface area contributed by atoms with Gasteiger partial charge < -0.3 is 10.1 Å². The third-order valence-corrected chi connectivity index (χ3v) is 5.25. The van der Waals surface area contributed by atoms with Crippen LogP contribution in [-0.4, -0.2) is 24.8 Å². The molecule has 20 heavy (non-hydrogen) atoms. The lowest BCUT2D eigenvalue weighted by atomic mass is 9.84. The molecule has 3 atom stereocenters. The van der Waals surface area contributed by atoms with E-state index < -0.39 is 0 Å². The van der Waals surface area contributed by atoms with Gasteiger partial charge in [0.1, 0.15) is 0 Å². The molecule has 3 unspecified atom stereocenters. The monoisotopic (exact) mass is 281 g/mol. The summed E-state index contributed by atoms with van der Waals surface area (Å²) < 4.78 is 6.06. The van der Waals surface area contributed by atoms with E-state index in [0.29, 0.717) is 18.2 Å². The SMILES string of the molecule is CC1CNC(C2CCCCCCCCCCC2)C(C)O1. The lowest BCUT2D eigenvalue weighted by Gasteiger charge is -2.39. The fourth-order valence-electron chi connectivity index (χ4n) is 4.07. The van der Waals surface area contributed by atoms with Gasteiger partial charge in [-0.1, -0.05) is 57.8 Å². The highest BCUT2D eigenvalue weighted by molar-refractivity contribution is 4.86. The molecule has 1 saturated heterocycles. The number of nitrogens with one attached hydrogen (secondary N) is 1. The normalized spacial score (nSPS) is 36.0. The van der Waals surface area contributed by atoms with Crippen LogP contribution in [0.15, 0.2) is 0 Å². The summed E-state index contributed by atoms with van der Waals surface area (Å²) in [4.78, 5) is 0. The standard InChI is InChI=1S/C18H35NO/c1-15-14-19-18(16(2)20-15)17-12-10-8-6-4-3-5-7-9-11-13-17/h15-19H,3-14H2,1-2H3. The number of rotatable bonds is 1. The maximum atomic E-state index is 6.06. The van der Waals surface area contributed by atoms with Crippen LogP contribution in [0, 0.1) is 5.92 Å². The first-order valence-corrected chi connectivity index (χ1v) is 9.16. The number of hydrogen-bond donors (Lipinski definition) is 1. The Labute approximate surface area is 126 Å². The van der Waals surface area contributed by atoms with Crippen LogP contribution < -0.4 is 5.32 Å². The molecular formula is C18H35NO. The van der Waals surface area contributed by atoms with Crippen molar-refractivity contribution in [2.45, 2.75) is 103 Å². The Bertz CT molecular complexity index is 244. The predicted molar refractivity (Wildman–Crippen MR) is 86.1 cm³/mol. The van der Waals surface area contributed by atoms with Crippen molar-refractivity contribution in [3.05, 3.63) is 0 Å². The van der Waals surface area contributed by atoms with Gasteiger partial charge in [-0.05, 0) is 32.6 Å². The van der Waals surface area contributed by atoms with E-state index in [1.165, 1.54) is 70.6 Å². The quantitative estimate of drug-likeness (QED) is 0.754. The highest BCUT2D eigenvalue weighted by Gasteiger charge is 2.31. The number of morpholine rings is 1. The molecule has 0 spiro atoms. The minimum absolute atomic E-state index is 0.382. The molecule has 2 aliphatic rings. The highest BCUT2D eigenvalue weighted by atomic mass is 16.5. The van der Waals surface area contributed by atoms with Gasteiger partial charge in [0.15, 0.2) is 0 Å². The smallest absolute Gasteiger partial charge is 0.0706 e. The van der Waals surface area contributed by atoms with E-state index in [1.54, 1.807) is 0 Å². The van der Waals surface area contributed by atoms with Crippen molar-refractivity contribution in [2.75, 3.05) is 6.54 Å². The summed E-state index contributed by atoms with van der Waals surface area (Å²) in [6, 6.07) is 0.592. The molecule has 1 saturated carbocycles.